The molecule has 0 unspecified atom stereocenters. The average Bonchev–Trinajstić information content (AvgIpc) is 3.70. The Morgan fingerprint density at radius 1 is 0.310 bits per heavy atom. The molecule has 0 atom stereocenters. The van der Waals surface area contributed by atoms with Gasteiger partial charge < -0.3 is 9.32 Å². The number of benzene rings is 10. The van der Waals surface area contributed by atoms with E-state index in [0.29, 0.717) is 0 Å². The van der Waals surface area contributed by atoms with Gasteiger partial charge in [0.2, 0.25) is 0 Å². The van der Waals surface area contributed by atoms with Crippen LogP contribution in [0.3, 0.4) is 0 Å². The molecule has 0 saturated heterocycles. The minimum Gasteiger partial charge on any atom is -0.455 e. The van der Waals surface area contributed by atoms with Crippen LogP contribution in [0.5, 0.6) is 0 Å². The molecule has 0 aliphatic heterocycles. The average molecular weight is 740 g/mol. The minimum absolute atomic E-state index is 0.887. The predicted octanol–water partition coefficient (Wildman–Crippen LogP) is 16.0. The second kappa shape index (κ2) is 14.1. The molecule has 0 aliphatic rings. The zero-order valence-electron chi connectivity index (χ0n) is 31.7. The van der Waals surface area contributed by atoms with E-state index < -0.39 is 0 Å². The lowest BCUT2D eigenvalue weighted by atomic mass is 9.96. The van der Waals surface area contributed by atoms with E-state index in [4.69, 9.17) is 4.42 Å². The summed E-state index contributed by atoms with van der Waals surface area (Å²) in [5.41, 5.74) is 14.4. The summed E-state index contributed by atoms with van der Waals surface area (Å²) in [5.74, 6) is 0. The molecule has 10 aromatic carbocycles. The summed E-state index contributed by atoms with van der Waals surface area (Å²) in [6, 6.07) is 80.7. The molecule has 0 amide bonds. The molecule has 1 aromatic heterocycles. The molecule has 2 heteroatoms. The Bertz CT molecular complexity index is 3290. The van der Waals surface area contributed by atoms with Crippen molar-refractivity contribution < 1.29 is 4.42 Å². The van der Waals surface area contributed by atoms with Crippen LogP contribution in [0.15, 0.2) is 229 Å². The van der Waals surface area contributed by atoms with Gasteiger partial charge in [-0.1, -0.05) is 176 Å². The number of anilines is 3. The third kappa shape index (κ3) is 5.91. The van der Waals surface area contributed by atoms with E-state index in [1.807, 2.05) is 0 Å². The summed E-state index contributed by atoms with van der Waals surface area (Å²) in [4.78, 5) is 2.41. The fourth-order valence-corrected chi connectivity index (χ4v) is 8.61. The molecule has 2 nitrogen and oxygen atoms in total. The molecular formula is C56H37NO. The Hall–Kier alpha value is -7.68. The van der Waals surface area contributed by atoms with Crippen LogP contribution in [0.25, 0.3) is 88.0 Å². The quantitative estimate of drug-likeness (QED) is 0.162. The van der Waals surface area contributed by atoms with E-state index in [-0.39, 0.29) is 0 Å². The Morgan fingerprint density at radius 3 is 1.72 bits per heavy atom. The van der Waals surface area contributed by atoms with E-state index in [2.05, 4.69) is 229 Å². The van der Waals surface area contributed by atoms with Crippen molar-refractivity contribution in [3.05, 3.63) is 224 Å². The van der Waals surface area contributed by atoms with Crippen molar-refractivity contribution in [3.8, 4) is 44.5 Å². The van der Waals surface area contributed by atoms with Crippen LogP contribution in [-0.4, -0.2) is 0 Å². The lowest BCUT2D eigenvalue weighted by Gasteiger charge is -2.29. The lowest BCUT2D eigenvalue weighted by Crippen LogP contribution is -2.11. The van der Waals surface area contributed by atoms with Crippen molar-refractivity contribution in [2.45, 2.75) is 0 Å². The standard InChI is InChI=1S/C56H37NO/c1-2-13-38(14-3-1)40-27-30-42(31-28-40)49-22-8-9-25-53(49)57(47-20-10-18-44(36-47)45-32-29-39-15-4-5-17-43(39)35-45)48-21-11-19-46(37-48)50-24-12-26-54-55(50)52-34-33-41-16-6-7-23-51(41)56(52)58-54/h1-37H. The molecular weight excluding hydrogens is 703 g/mol. The van der Waals surface area contributed by atoms with Gasteiger partial charge in [0.25, 0.3) is 0 Å². The van der Waals surface area contributed by atoms with Gasteiger partial charge in [-0.05, 0) is 104 Å². The van der Waals surface area contributed by atoms with Crippen LogP contribution >= 0.6 is 0 Å². The van der Waals surface area contributed by atoms with Gasteiger partial charge in [0, 0.05) is 33.1 Å². The van der Waals surface area contributed by atoms with Crippen LogP contribution in [-0.2, 0) is 0 Å². The number of hydrogen-bond acceptors (Lipinski definition) is 2. The topological polar surface area (TPSA) is 16.4 Å². The Labute approximate surface area is 337 Å². The smallest absolute Gasteiger partial charge is 0.143 e. The largest absolute Gasteiger partial charge is 0.455 e. The highest BCUT2D eigenvalue weighted by Gasteiger charge is 2.20. The number of hydrogen-bond donors (Lipinski definition) is 0. The van der Waals surface area contributed by atoms with E-state index >= 15 is 0 Å². The van der Waals surface area contributed by atoms with Crippen molar-refractivity contribution >= 4 is 60.5 Å². The van der Waals surface area contributed by atoms with Gasteiger partial charge >= 0.3 is 0 Å². The highest BCUT2D eigenvalue weighted by molar-refractivity contribution is 6.19. The fraction of sp³-hybridized carbons (Fsp3) is 0. The molecule has 1 heterocycles. The van der Waals surface area contributed by atoms with Crippen LogP contribution in [0.4, 0.5) is 17.1 Å². The van der Waals surface area contributed by atoms with Crippen LogP contribution < -0.4 is 4.90 Å². The molecule has 11 rings (SSSR count). The van der Waals surface area contributed by atoms with E-state index in [1.54, 1.807) is 0 Å². The third-order valence-corrected chi connectivity index (χ3v) is 11.4. The number of furan rings is 1. The number of para-hydroxylation sites is 1. The second-order valence-electron chi connectivity index (χ2n) is 14.9. The van der Waals surface area contributed by atoms with Gasteiger partial charge in [-0.3, -0.25) is 0 Å². The summed E-state index contributed by atoms with van der Waals surface area (Å²) < 4.78 is 6.62. The molecule has 0 bridgehead atoms. The summed E-state index contributed by atoms with van der Waals surface area (Å²) >= 11 is 0. The SMILES string of the molecule is c1ccc(-c2ccc(-c3ccccc3N(c3cccc(-c4ccc5ccccc5c4)c3)c3cccc(-c4cccc5oc6c7ccccc7ccc6c45)c3)cc2)cc1. The fourth-order valence-electron chi connectivity index (χ4n) is 8.61. The van der Waals surface area contributed by atoms with Gasteiger partial charge in [-0.25, -0.2) is 0 Å². The highest BCUT2D eigenvalue weighted by Crippen LogP contribution is 2.45. The molecule has 0 aliphatic carbocycles. The van der Waals surface area contributed by atoms with Gasteiger partial charge in [0.1, 0.15) is 11.2 Å². The molecule has 0 saturated carbocycles. The second-order valence-corrected chi connectivity index (χ2v) is 14.9. The highest BCUT2D eigenvalue weighted by atomic mass is 16.3. The summed E-state index contributed by atoms with van der Waals surface area (Å²) in [6.07, 6.45) is 0. The number of nitrogens with zero attached hydrogens (tertiary/aromatic N) is 1. The molecule has 58 heavy (non-hydrogen) atoms. The molecule has 0 N–H and O–H groups in total. The van der Waals surface area contributed by atoms with Crippen molar-refractivity contribution in [2.75, 3.05) is 4.90 Å². The van der Waals surface area contributed by atoms with Gasteiger partial charge in [0.05, 0.1) is 5.69 Å². The Kier molecular flexibility index (Phi) is 8.19. The Morgan fingerprint density at radius 2 is 0.879 bits per heavy atom. The van der Waals surface area contributed by atoms with E-state index in [0.717, 1.165) is 72.2 Å². The third-order valence-electron chi connectivity index (χ3n) is 11.4. The molecule has 0 fully saturated rings. The Balaban J connectivity index is 1.09. The lowest BCUT2D eigenvalue weighted by molar-refractivity contribution is 0.673. The van der Waals surface area contributed by atoms with Crippen molar-refractivity contribution in [1.29, 1.82) is 0 Å². The molecule has 272 valence electrons. The maximum Gasteiger partial charge on any atom is 0.143 e. The van der Waals surface area contributed by atoms with Crippen LogP contribution in [0.2, 0.25) is 0 Å². The predicted molar refractivity (Wildman–Crippen MR) is 245 cm³/mol. The summed E-state index contributed by atoms with van der Waals surface area (Å²) in [7, 11) is 0. The van der Waals surface area contributed by atoms with Gasteiger partial charge in [0.15, 0.2) is 0 Å². The molecule has 0 radical (unpaired) electrons. The monoisotopic (exact) mass is 739 g/mol. The van der Waals surface area contributed by atoms with Gasteiger partial charge in [-0.15, -0.1) is 0 Å². The first kappa shape index (κ1) is 33.6. The summed E-state index contributed by atoms with van der Waals surface area (Å²) in [5, 5.41) is 7.02. The normalized spacial score (nSPS) is 11.4. The first-order valence-electron chi connectivity index (χ1n) is 19.8. The number of fused-ring (bicyclic) bond motifs is 6. The minimum atomic E-state index is 0.887. The van der Waals surface area contributed by atoms with Crippen molar-refractivity contribution in [1.82, 2.24) is 0 Å². The maximum atomic E-state index is 6.62. The van der Waals surface area contributed by atoms with E-state index in [1.165, 1.54) is 32.8 Å². The zero-order valence-corrected chi connectivity index (χ0v) is 31.7. The summed E-state index contributed by atoms with van der Waals surface area (Å²) in [6.45, 7) is 0. The first-order chi connectivity index (χ1) is 28.7. The van der Waals surface area contributed by atoms with Crippen molar-refractivity contribution in [2.24, 2.45) is 0 Å². The molecule has 0 spiro atoms. The maximum absolute atomic E-state index is 6.62. The number of rotatable bonds is 7. The van der Waals surface area contributed by atoms with Gasteiger partial charge in [-0.2, -0.15) is 0 Å². The van der Waals surface area contributed by atoms with E-state index in [9.17, 15) is 0 Å². The first-order valence-corrected chi connectivity index (χ1v) is 19.8. The van der Waals surface area contributed by atoms with Crippen LogP contribution in [0, 0.1) is 0 Å². The molecule has 11 aromatic rings. The van der Waals surface area contributed by atoms with Crippen LogP contribution in [0.1, 0.15) is 0 Å². The van der Waals surface area contributed by atoms with Crippen molar-refractivity contribution in [3.63, 3.8) is 0 Å². The zero-order chi connectivity index (χ0) is 38.4.